The van der Waals surface area contributed by atoms with Crippen LogP contribution in [0.15, 0.2) is 18.2 Å². The Bertz CT molecular complexity index is 352. The van der Waals surface area contributed by atoms with E-state index in [-0.39, 0.29) is 11.9 Å². The molecule has 2 nitrogen and oxygen atoms in total. The van der Waals surface area contributed by atoms with Crippen LogP contribution in [0.5, 0.6) is 0 Å². The summed E-state index contributed by atoms with van der Waals surface area (Å²) >= 11 is 0. The van der Waals surface area contributed by atoms with Crippen LogP contribution in [0.2, 0.25) is 0 Å². The average Bonchev–Trinajstić information content (AvgIpc) is 2.26. The van der Waals surface area contributed by atoms with Gasteiger partial charge in [0.05, 0.1) is 6.10 Å². The zero-order chi connectivity index (χ0) is 12.8. The molecule has 0 saturated carbocycles. The largest absolute Gasteiger partial charge is 0.393 e. The molecule has 0 heterocycles. The number of hydrogen-bond acceptors (Lipinski definition) is 2. The Morgan fingerprint density at radius 2 is 2.06 bits per heavy atom. The molecule has 1 atom stereocenters. The molecule has 1 unspecified atom stereocenters. The molecule has 96 valence electrons. The average molecular weight is 239 g/mol. The number of aryl methyl sites for hydroxylation is 1. The van der Waals surface area contributed by atoms with Gasteiger partial charge in [-0.3, -0.25) is 0 Å². The molecular formula is C14H22FNO. The van der Waals surface area contributed by atoms with Crippen molar-refractivity contribution in [3.8, 4) is 0 Å². The van der Waals surface area contributed by atoms with E-state index in [1.807, 2.05) is 20.8 Å². The van der Waals surface area contributed by atoms with Gasteiger partial charge in [0.2, 0.25) is 0 Å². The Labute approximate surface area is 103 Å². The molecule has 3 heteroatoms. The van der Waals surface area contributed by atoms with Crippen molar-refractivity contribution in [3.63, 3.8) is 0 Å². The SMILES string of the molecule is Cc1cc(F)ccc1CNCCC(O)C(C)C. The summed E-state index contributed by atoms with van der Waals surface area (Å²) in [5.41, 5.74) is 2.06. The second-order valence-corrected chi connectivity index (χ2v) is 4.85. The molecule has 1 aromatic carbocycles. The van der Waals surface area contributed by atoms with Gasteiger partial charge in [0, 0.05) is 6.54 Å². The van der Waals surface area contributed by atoms with E-state index in [9.17, 15) is 9.50 Å². The lowest BCUT2D eigenvalue weighted by molar-refractivity contribution is 0.116. The van der Waals surface area contributed by atoms with Crippen molar-refractivity contribution in [3.05, 3.63) is 35.1 Å². The highest BCUT2D eigenvalue weighted by atomic mass is 19.1. The van der Waals surface area contributed by atoms with Crippen molar-refractivity contribution in [2.24, 2.45) is 5.92 Å². The number of hydrogen-bond donors (Lipinski definition) is 2. The van der Waals surface area contributed by atoms with Gasteiger partial charge in [-0.2, -0.15) is 0 Å². The zero-order valence-corrected chi connectivity index (χ0v) is 10.8. The quantitative estimate of drug-likeness (QED) is 0.748. The molecule has 0 aliphatic heterocycles. The minimum absolute atomic E-state index is 0.193. The minimum atomic E-state index is -0.253. The Morgan fingerprint density at radius 3 is 2.65 bits per heavy atom. The lowest BCUT2D eigenvalue weighted by Crippen LogP contribution is -2.23. The van der Waals surface area contributed by atoms with E-state index in [4.69, 9.17) is 0 Å². The fourth-order valence-corrected chi connectivity index (χ4v) is 1.66. The van der Waals surface area contributed by atoms with Gasteiger partial charge in [0.25, 0.3) is 0 Å². The summed E-state index contributed by atoms with van der Waals surface area (Å²) in [6.07, 6.45) is 0.495. The van der Waals surface area contributed by atoms with E-state index < -0.39 is 0 Å². The molecule has 0 fully saturated rings. The molecule has 0 aliphatic rings. The standard InChI is InChI=1S/C14H22FNO/c1-10(2)14(17)6-7-16-9-12-4-5-13(15)8-11(12)3/h4-5,8,10,14,16-17H,6-7,9H2,1-3H3. The third-order valence-electron chi connectivity index (χ3n) is 3.01. The molecule has 0 saturated heterocycles. The van der Waals surface area contributed by atoms with Crippen molar-refractivity contribution in [1.29, 1.82) is 0 Å². The Hall–Kier alpha value is -0.930. The summed E-state index contributed by atoms with van der Waals surface area (Å²) in [5, 5.41) is 12.9. The molecule has 1 aromatic rings. The molecule has 0 bridgehead atoms. The summed E-state index contributed by atoms with van der Waals surface area (Å²) in [5.74, 6) is 0.103. The first-order chi connectivity index (χ1) is 8.00. The van der Waals surface area contributed by atoms with Crippen molar-refractivity contribution in [2.75, 3.05) is 6.54 Å². The van der Waals surface area contributed by atoms with E-state index in [2.05, 4.69) is 5.32 Å². The van der Waals surface area contributed by atoms with Crippen molar-refractivity contribution < 1.29 is 9.50 Å². The number of rotatable bonds is 6. The molecule has 17 heavy (non-hydrogen) atoms. The van der Waals surface area contributed by atoms with Gasteiger partial charge in [-0.15, -0.1) is 0 Å². The Morgan fingerprint density at radius 1 is 1.35 bits per heavy atom. The Kier molecular flexibility index (Phi) is 5.59. The predicted octanol–water partition coefficient (Wildman–Crippen LogP) is 2.63. The maximum absolute atomic E-state index is 12.9. The second kappa shape index (κ2) is 6.72. The minimum Gasteiger partial charge on any atom is -0.393 e. The first kappa shape index (κ1) is 14.1. The number of nitrogens with one attached hydrogen (secondary N) is 1. The summed E-state index contributed by atoms with van der Waals surface area (Å²) in [4.78, 5) is 0. The molecule has 2 N–H and O–H groups in total. The predicted molar refractivity (Wildman–Crippen MR) is 68.3 cm³/mol. The van der Waals surface area contributed by atoms with Crippen LogP contribution in [0.3, 0.4) is 0 Å². The van der Waals surface area contributed by atoms with E-state index in [0.717, 1.165) is 30.6 Å². The van der Waals surface area contributed by atoms with Crippen LogP contribution in [-0.2, 0) is 6.54 Å². The van der Waals surface area contributed by atoms with Crippen LogP contribution in [-0.4, -0.2) is 17.8 Å². The lowest BCUT2D eigenvalue weighted by Gasteiger charge is -2.14. The highest BCUT2D eigenvalue weighted by Crippen LogP contribution is 2.10. The monoisotopic (exact) mass is 239 g/mol. The smallest absolute Gasteiger partial charge is 0.123 e. The van der Waals surface area contributed by atoms with Gasteiger partial charge in [-0.1, -0.05) is 19.9 Å². The van der Waals surface area contributed by atoms with Gasteiger partial charge in [-0.25, -0.2) is 4.39 Å². The summed E-state index contributed by atoms with van der Waals surface area (Å²) in [7, 11) is 0. The summed E-state index contributed by atoms with van der Waals surface area (Å²) in [6, 6.07) is 4.82. The van der Waals surface area contributed by atoms with Gasteiger partial charge in [0.15, 0.2) is 0 Å². The lowest BCUT2D eigenvalue weighted by atomic mass is 10.0. The van der Waals surface area contributed by atoms with Crippen LogP contribution in [0.4, 0.5) is 4.39 Å². The topological polar surface area (TPSA) is 32.3 Å². The first-order valence-electron chi connectivity index (χ1n) is 6.14. The van der Waals surface area contributed by atoms with E-state index in [1.54, 1.807) is 12.1 Å². The highest BCUT2D eigenvalue weighted by Gasteiger charge is 2.08. The number of halogens is 1. The third-order valence-corrected chi connectivity index (χ3v) is 3.01. The summed E-state index contributed by atoms with van der Waals surface area (Å²) in [6.45, 7) is 7.42. The van der Waals surface area contributed by atoms with Crippen molar-refractivity contribution in [1.82, 2.24) is 5.32 Å². The summed E-state index contributed by atoms with van der Waals surface area (Å²) < 4.78 is 12.9. The van der Waals surface area contributed by atoms with Crippen LogP contribution in [0.1, 0.15) is 31.4 Å². The van der Waals surface area contributed by atoms with Gasteiger partial charge >= 0.3 is 0 Å². The van der Waals surface area contributed by atoms with E-state index in [1.165, 1.54) is 6.07 Å². The molecule has 0 aliphatic carbocycles. The van der Waals surface area contributed by atoms with Crippen LogP contribution in [0, 0.1) is 18.7 Å². The number of benzene rings is 1. The maximum atomic E-state index is 12.9. The molecule has 1 rings (SSSR count). The van der Waals surface area contributed by atoms with Crippen LogP contribution >= 0.6 is 0 Å². The number of aliphatic hydroxyl groups is 1. The van der Waals surface area contributed by atoms with Crippen LogP contribution < -0.4 is 5.32 Å². The molecular weight excluding hydrogens is 217 g/mol. The van der Waals surface area contributed by atoms with Crippen molar-refractivity contribution >= 4 is 0 Å². The normalized spacial score (nSPS) is 13.1. The third kappa shape index (κ3) is 4.84. The van der Waals surface area contributed by atoms with Gasteiger partial charge in [-0.05, 0) is 49.1 Å². The maximum Gasteiger partial charge on any atom is 0.123 e. The fourth-order valence-electron chi connectivity index (χ4n) is 1.66. The van der Waals surface area contributed by atoms with Crippen molar-refractivity contribution in [2.45, 2.75) is 39.8 Å². The number of aliphatic hydroxyl groups excluding tert-OH is 1. The molecule has 0 aromatic heterocycles. The molecule has 0 amide bonds. The molecule has 0 spiro atoms. The van der Waals surface area contributed by atoms with E-state index >= 15 is 0 Å². The Balaban J connectivity index is 2.31. The van der Waals surface area contributed by atoms with E-state index in [0.29, 0.717) is 5.92 Å². The second-order valence-electron chi connectivity index (χ2n) is 4.85. The van der Waals surface area contributed by atoms with Crippen LogP contribution in [0.25, 0.3) is 0 Å². The zero-order valence-electron chi connectivity index (χ0n) is 10.8. The van der Waals surface area contributed by atoms with Gasteiger partial charge in [0.1, 0.15) is 5.82 Å². The molecule has 0 radical (unpaired) electrons. The fraction of sp³-hybridized carbons (Fsp3) is 0.571. The van der Waals surface area contributed by atoms with Gasteiger partial charge < -0.3 is 10.4 Å². The first-order valence-corrected chi connectivity index (χ1v) is 6.14. The highest BCUT2D eigenvalue weighted by molar-refractivity contribution is 5.26.